The van der Waals surface area contributed by atoms with Crippen molar-refractivity contribution in [2.45, 2.75) is 38.8 Å². The Bertz CT molecular complexity index is 1060. The minimum atomic E-state index is -0.172. The first-order valence-corrected chi connectivity index (χ1v) is 9.93. The van der Waals surface area contributed by atoms with E-state index in [9.17, 15) is 9.59 Å². The molecule has 1 aliphatic heterocycles. The van der Waals surface area contributed by atoms with E-state index >= 15 is 0 Å². The zero-order chi connectivity index (χ0) is 20.1. The third kappa shape index (κ3) is 4.53. The summed E-state index contributed by atoms with van der Waals surface area (Å²) < 4.78 is 5.04. The molecule has 0 bridgehead atoms. The Balaban J connectivity index is 1.24. The maximum absolute atomic E-state index is 12.3. The predicted octanol–water partition coefficient (Wildman–Crippen LogP) is 1.79. The van der Waals surface area contributed by atoms with Crippen LogP contribution in [0.25, 0.3) is 11.8 Å². The minimum Gasteiger partial charge on any atom is -0.352 e. The van der Waals surface area contributed by atoms with Gasteiger partial charge in [-0.3, -0.25) is 9.36 Å². The summed E-state index contributed by atoms with van der Waals surface area (Å²) in [6.45, 7) is 1.75. The number of nitrogens with zero attached hydrogens (tertiary/aromatic N) is 5. The number of benzene rings is 1. The standard InChI is InChI=1S/C21H24N6O2/c28-20(11-10-17-15-23-27(16-17)18-7-2-1-3-8-18)22-12-6-14-26-21(29)25-13-5-4-9-19(25)24-26/h1-3,7-8,10-11,15-16H,4-6,9,12-14H2,(H,22,28)/b11-10+. The van der Waals surface area contributed by atoms with Gasteiger partial charge in [-0.1, -0.05) is 18.2 Å². The molecule has 8 heteroatoms. The molecule has 29 heavy (non-hydrogen) atoms. The normalized spacial score (nSPS) is 13.5. The Kier molecular flexibility index (Phi) is 5.69. The van der Waals surface area contributed by atoms with Crippen LogP contribution in [0.5, 0.6) is 0 Å². The highest BCUT2D eigenvalue weighted by atomic mass is 16.2. The van der Waals surface area contributed by atoms with Gasteiger partial charge in [0.2, 0.25) is 5.91 Å². The number of aryl methyl sites for hydroxylation is 2. The lowest BCUT2D eigenvalue weighted by Gasteiger charge is -2.09. The van der Waals surface area contributed by atoms with E-state index < -0.39 is 0 Å². The van der Waals surface area contributed by atoms with Crippen molar-refractivity contribution in [1.29, 1.82) is 0 Å². The van der Waals surface area contributed by atoms with Crippen LogP contribution in [0.3, 0.4) is 0 Å². The van der Waals surface area contributed by atoms with Crippen molar-refractivity contribution >= 4 is 12.0 Å². The number of rotatable bonds is 7. The first kappa shape index (κ1) is 18.9. The first-order valence-electron chi connectivity index (χ1n) is 9.93. The molecule has 0 atom stereocenters. The highest BCUT2D eigenvalue weighted by Crippen LogP contribution is 2.10. The smallest absolute Gasteiger partial charge is 0.345 e. The molecule has 0 aliphatic carbocycles. The molecule has 0 spiro atoms. The monoisotopic (exact) mass is 392 g/mol. The Hall–Kier alpha value is -3.42. The van der Waals surface area contributed by atoms with Crippen LogP contribution in [0.2, 0.25) is 0 Å². The van der Waals surface area contributed by atoms with Crippen LogP contribution in [-0.2, 0) is 24.3 Å². The molecular formula is C21H24N6O2. The highest BCUT2D eigenvalue weighted by molar-refractivity contribution is 5.91. The predicted molar refractivity (Wildman–Crippen MR) is 110 cm³/mol. The van der Waals surface area contributed by atoms with Gasteiger partial charge in [-0.2, -0.15) is 10.2 Å². The number of para-hydroxylation sites is 1. The number of nitrogens with one attached hydrogen (secondary N) is 1. The summed E-state index contributed by atoms with van der Waals surface area (Å²) >= 11 is 0. The Morgan fingerprint density at radius 3 is 2.90 bits per heavy atom. The second kappa shape index (κ2) is 8.72. The first-order chi connectivity index (χ1) is 14.2. The van der Waals surface area contributed by atoms with Gasteiger partial charge in [-0.05, 0) is 37.5 Å². The van der Waals surface area contributed by atoms with Gasteiger partial charge in [0.25, 0.3) is 0 Å². The van der Waals surface area contributed by atoms with Gasteiger partial charge in [0.1, 0.15) is 5.82 Å². The molecule has 150 valence electrons. The summed E-state index contributed by atoms with van der Waals surface area (Å²) in [7, 11) is 0. The fraction of sp³-hybridized carbons (Fsp3) is 0.333. The van der Waals surface area contributed by atoms with Crippen LogP contribution in [0.15, 0.2) is 53.6 Å². The Morgan fingerprint density at radius 1 is 1.21 bits per heavy atom. The van der Waals surface area contributed by atoms with Gasteiger partial charge in [0.15, 0.2) is 0 Å². The maximum Gasteiger partial charge on any atom is 0.345 e. The van der Waals surface area contributed by atoms with Gasteiger partial charge in [0.05, 0.1) is 11.9 Å². The molecule has 0 unspecified atom stereocenters. The molecule has 2 aromatic heterocycles. The summed E-state index contributed by atoms with van der Waals surface area (Å²) in [5, 5.41) is 11.5. The Morgan fingerprint density at radius 2 is 2.07 bits per heavy atom. The number of hydrogen-bond acceptors (Lipinski definition) is 4. The van der Waals surface area contributed by atoms with Crippen molar-refractivity contribution in [1.82, 2.24) is 29.4 Å². The van der Waals surface area contributed by atoms with Crippen LogP contribution in [0.4, 0.5) is 0 Å². The summed E-state index contributed by atoms with van der Waals surface area (Å²) in [6.07, 6.45) is 10.4. The van der Waals surface area contributed by atoms with Crippen LogP contribution >= 0.6 is 0 Å². The Labute approximate surface area is 168 Å². The molecule has 0 radical (unpaired) electrons. The average Bonchev–Trinajstić information content (AvgIpc) is 3.36. The second-order valence-electron chi connectivity index (χ2n) is 7.06. The van der Waals surface area contributed by atoms with Crippen LogP contribution < -0.4 is 11.0 Å². The topological polar surface area (TPSA) is 86.7 Å². The number of amides is 1. The van der Waals surface area contributed by atoms with Gasteiger partial charge in [-0.25, -0.2) is 14.2 Å². The fourth-order valence-corrected chi connectivity index (χ4v) is 3.41. The molecule has 1 amide bonds. The van der Waals surface area contributed by atoms with E-state index in [1.54, 1.807) is 21.5 Å². The lowest BCUT2D eigenvalue weighted by molar-refractivity contribution is -0.116. The van der Waals surface area contributed by atoms with E-state index in [2.05, 4.69) is 15.5 Å². The molecular weight excluding hydrogens is 368 g/mol. The van der Waals surface area contributed by atoms with Crippen molar-refractivity contribution in [3.8, 4) is 5.69 Å². The summed E-state index contributed by atoms with van der Waals surface area (Å²) in [5.41, 5.74) is 1.77. The number of aromatic nitrogens is 5. The van der Waals surface area contributed by atoms with E-state index in [1.807, 2.05) is 36.5 Å². The largest absolute Gasteiger partial charge is 0.352 e. The number of fused-ring (bicyclic) bond motifs is 1. The molecule has 0 saturated carbocycles. The zero-order valence-electron chi connectivity index (χ0n) is 16.2. The molecule has 0 saturated heterocycles. The quantitative estimate of drug-likeness (QED) is 0.491. The zero-order valence-corrected chi connectivity index (χ0v) is 16.2. The van der Waals surface area contributed by atoms with Gasteiger partial charge in [0, 0.05) is 43.9 Å². The van der Waals surface area contributed by atoms with Crippen molar-refractivity contribution in [3.63, 3.8) is 0 Å². The molecule has 4 rings (SSSR count). The molecule has 1 aliphatic rings. The molecule has 1 aromatic carbocycles. The van der Waals surface area contributed by atoms with E-state index in [1.165, 1.54) is 10.8 Å². The van der Waals surface area contributed by atoms with Crippen LogP contribution in [0.1, 0.15) is 30.7 Å². The van der Waals surface area contributed by atoms with Gasteiger partial charge in [-0.15, -0.1) is 0 Å². The maximum atomic E-state index is 12.3. The number of carbonyl (C=O) groups is 1. The SMILES string of the molecule is O=C(/C=C/c1cnn(-c2ccccc2)c1)NCCCn1nc2n(c1=O)CCCC2. The van der Waals surface area contributed by atoms with E-state index in [0.29, 0.717) is 19.5 Å². The average molecular weight is 392 g/mol. The number of hydrogen-bond donors (Lipinski definition) is 1. The third-order valence-electron chi connectivity index (χ3n) is 4.93. The van der Waals surface area contributed by atoms with Crippen molar-refractivity contribution in [2.24, 2.45) is 0 Å². The van der Waals surface area contributed by atoms with Gasteiger partial charge < -0.3 is 5.32 Å². The van der Waals surface area contributed by atoms with Crippen molar-refractivity contribution in [2.75, 3.05) is 6.54 Å². The molecule has 0 fully saturated rings. The summed E-state index contributed by atoms with van der Waals surface area (Å²) in [4.78, 5) is 24.3. The van der Waals surface area contributed by atoms with Crippen LogP contribution in [0, 0.1) is 0 Å². The van der Waals surface area contributed by atoms with E-state index in [4.69, 9.17) is 0 Å². The molecule has 3 heterocycles. The fourth-order valence-electron chi connectivity index (χ4n) is 3.41. The highest BCUT2D eigenvalue weighted by Gasteiger charge is 2.16. The third-order valence-corrected chi connectivity index (χ3v) is 4.93. The van der Waals surface area contributed by atoms with Crippen molar-refractivity contribution < 1.29 is 4.79 Å². The van der Waals surface area contributed by atoms with Crippen molar-refractivity contribution in [3.05, 3.63) is 70.7 Å². The lowest BCUT2D eigenvalue weighted by atomic mass is 10.2. The molecule has 1 N–H and O–H groups in total. The second-order valence-corrected chi connectivity index (χ2v) is 7.06. The molecule has 3 aromatic rings. The van der Waals surface area contributed by atoms with E-state index in [-0.39, 0.29) is 11.6 Å². The van der Waals surface area contributed by atoms with Gasteiger partial charge >= 0.3 is 5.69 Å². The summed E-state index contributed by atoms with van der Waals surface area (Å²) in [6, 6.07) is 9.79. The molecule has 8 nitrogen and oxygen atoms in total. The number of carbonyl (C=O) groups excluding carboxylic acids is 1. The minimum absolute atomic E-state index is 0.0404. The summed E-state index contributed by atoms with van der Waals surface area (Å²) in [5.74, 6) is 0.707. The van der Waals surface area contributed by atoms with Crippen LogP contribution in [-0.4, -0.2) is 36.6 Å². The van der Waals surface area contributed by atoms with E-state index in [0.717, 1.165) is 42.9 Å². The lowest BCUT2D eigenvalue weighted by Crippen LogP contribution is -2.28.